The summed E-state index contributed by atoms with van der Waals surface area (Å²) in [7, 11) is 1.76. The Morgan fingerprint density at radius 1 is 1.00 bits per heavy atom. The first-order valence-electron chi connectivity index (χ1n) is 10.1. The Kier molecular flexibility index (Phi) is 4.83. The highest BCUT2D eigenvalue weighted by Gasteiger charge is 2.15. The van der Waals surface area contributed by atoms with Crippen LogP contribution in [0.2, 0.25) is 0 Å². The number of nitrogens with one attached hydrogen (secondary N) is 1. The zero-order chi connectivity index (χ0) is 22.4. The molecular formula is C25H20N4O2S. The van der Waals surface area contributed by atoms with E-state index in [2.05, 4.69) is 15.3 Å². The van der Waals surface area contributed by atoms with Gasteiger partial charge in [0.25, 0.3) is 11.5 Å². The highest BCUT2D eigenvalue weighted by molar-refractivity contribution is 7.16. The van der Waals surface area contributed by atoms with Gasteiger partial charge in [-0.2, -0.15) is 0 Å². The van der Waals surface area contributed by atoms with Gasteiger partial charge in [-0.1, -0.05) is 6.07 Å². The van der Waals surface area contributed by atoms with Crippen molar-refractivity contribution in [2.45, 2.75) is 13.8 Å². The average molecular weight is 441 g/mol. The van der Waals surface area contributed by atoms with Gasteiger partial charge in [0.15, 0.2) is 0 Å². The summed E-state index contributed by atoms with van der Waals surface area (Å²) in [5.74, 6) is -0.231. The van der Waals surface area contributed by atoms with Gasteiger partial charge in [0.2, 0.25) is 0 Å². The monoisotopic (exact) mass is 440 g/mol. The molecule has 0 aliphatic carbocycles. The van der Waals surface area contributed by atoms with E-state index in [1.165, 1.54) is 11.3 Å². The Bertz CT molecular complexity index is 1580. The Morgan fingerprint density at radius 2 is 1.84 bits per heavy atom. The number of aromatic nitrogens is 3. The second-order valence-electron chi connectivity index (χ2n) is 7.83. The summed E-state index contributed by atoms with van der Waals surface area (Å²) in [6.07, 6.45) is 1.77. The number of hydrogen-bond donors (Lipinski definition) is 1. The molecule has 0 fully saturated rings. The van der Waals surface area contributed by atoms with E-state index in [0.29, 0.717) is 16.8 Å². The maximum atomic E-state index is 13.2. The molecule has 0 aliphatic heterocycles. The number of nitrogens with zero attached hydrogens (tertiary/aromatic N) is 3. The van der Waals surface area contributed by atoms with Crippen molar-refractivity contribution < 1.29 is 4.79 Å². The first-order chi connectivity index (χ1) is 15.4. The number of anilines is 1. The molecule has 3 heterocycles. The van der Waals surface area contributed by atoms with E-state index in [4.69, 9.17) is 0 Å². The largest absolute Gasteiger partial charge is 0.322 e. The lowest BCUT2D eigenvalue weighted by Gasteiger charge is -2.13. The van der Waals surface area contributed by atoms with E-state index in [-0.39, 0.29) is 11.5 Å². The number of aryl methyl sites for hydroxylation is 3. The number of hydrogen-bond acceptors (Lipinski definition) is 5. The summed E-state index contributed by atoms with van der Waals surface area (Å²) < 4.78 is 2.64. The van der Waals surface area contributed by atoms with E-state index < -0.39 is 0 Å². The van der Waals surface area contributed by atoms with Gasteiger partial charge < -0.3 is 9.88 Å². The predicted octanol–water partition coefficient (Wildman–Crippen LogP) is 5.08. The zero-order valence-electron chi connectivity index (χ0n) is 17.8. The van der Waals surface area contributed by atoms with Gasteiger partial charge in [0.1, 0.15) is 0 Å². The van der Waals surface area contributed by atoms with Gasteiger partial charge in [-0.05, 0) is 67.4 Å². The highest BCUT2D eigenvalue weighted by Crippen LogP contribution is 2.26. The van der Waals surface area contributed by atoms with Crippen LogP contribution in [0.1, 0.15) is 21.6 Å². The molecule has 5 rings (SSSR count). The van der Waals surface area contributed by atoms with Crippen molar-refractivity contribution in [3.63, 3.8) is 0 Å². The average Bonchev–Trinajstić information content (AvgIpc) is 3.25. The smallest absolute Gasteiger partial charge is 0.258 e. The molecule has 0 saturated heterocycles. The maximum Gasteiger partial charge on any atom is 0.258 e. The lowest BCUT2D eigenvalue weighted by atomic mass is 9.97. The van der Waals surface area contributed by atoms with Crippen molar-refractivity contribution in [1.82, 2.24) is 14.5 Å². The molecule has 0 atom stereocenters. The van der Waals surface area contributed by atoms with E-state index in [0.717, 1.165) is 37.9 Å². The minimum absolute atomic E-state index is 0.112. The molecule has 3 aromatic heterocycles. The van der Waals surface area contributed by atoms with Crippen LogP contribution in [0.3, 0.4) is 0 Å². The molecule has 1 N–H and O–H groups in total. The topological polar surface area (TPSA) is 76.9 Å². The minimum atomic E-state index is -0.231. The number of thiazole rings is 1. The van der Waals surface area contributed by atoms with E-state index >= 15 is 0 Å². The van der Waals surface area contributed by atoms with E-state index in [1.54, 1.807) is 35.5 Å². The van der Waals surface area contributed by atoms with Crippen LogP contribution in [0.25, 0.3) is 32.2 Å². The third-order valence-corrected chi connectivity index (χ3v) is 6.42. The fourth-order valence-corrected chi connectivity index (χ4v) is 4.56. The number of carbonyl (C=O) groups excluding carboxylic acids is 1. The van der Waals surface area contributed by atoms with Crippen LogP contribution in [0.4, 0.5) is 5.69 Å². The number of fused-ring (bicyclic) bond motifs is 2. The molecule has 0 spiro atoms. The van der Waals surface area contributed by atoms with Crippen LogP contribution in [0.5, 0.6) is 0 Å². The first kappa shape index (κ1) is 20.1. The molecule has 5 aromatic rings. The molecule has 32 heavy (non-hydrogen) atoms. The van der Waals surface area contributed by atoms with Gasteiger partial charge in [-0.15, -0.1) is 11.3 Å². The quantitative estimate of drug-likeness (QED) is 0.424. The van der Waals surface area contributed by atoms with Crippen LogP contribution >= 0.6 is 11.3 Å². The van der Waals surface area contributed by atoms with Crippen LogP contribution < -0.4 is 10.9 Å². The standard InChI is InChI=1S/C25H20N4O2S/c1-14-4-5-16(24(30)28-18-6-7-21-23(11-18)32-13-27-21)9-19(14)20-10-17-12-26-15(2)8-22(17)29(3)25(20)31/h4-13H,1-3H3,(H,28,30). The molecule has 1 amide bonds. The molecule has 6 nitrogen and oxygen atoms in total. The van der Waals surface area contributed by atoms with Gasteiger partial charge in [-0.25, -0.2) is 4.98 Å². The second kappa shape index (κ2) is 7.69. The normalized spacial score (nSPS) is 11.2. The summed E-state index contributed by atoms with van der Waals surface area (Å²) in [5.41, 5.74) is 7.65. The van der Waals surface area contributed by atoms with Crippen molar-refractivity contribution in [2.24, 2.45) is 7.05 Å². The number of carbonyl (C=O) groups is 1. The maximum absolute atomic E-state index is 13.2. The number of rotatable bonds is 3. The minimum Gasteiger partial charge on any atom is -0.322 e. The molecule has 0 saturated carbocycles. The summed E-state index contributed by atoms with van der Waals surface area (Å²) in [6.45, 7) is 3.84. The van der Waals surface area contributed by atoms with Crippen molar-refractivity contribution in [1.29, 1.82) is 0 Å². The van der Waals surface area contributed by atoms with E-state index in [9.17, 15) is 9.59 Å². The molecular weight excluding hydrogens is 420 g/mol. The molecule has 2 aromatic carbocycles. The van der Waals surface area contributed by atoms with Crippen molar-refractivity contribution in [3.8, 4) is 11.1 Å². The number of benzene rings is 2. The second-order valence-corrected chi connectivity index (χ2v) is 8.71. The molecule has 158 valence electrons. The Morgan fingerprint density at radius 3 is 2.69 bits per heavy atom. The lowest BCUT2D eigenvalue weighted by Crippen LogP contribution is -2.20. The number of amides is 1. The number of pyridine rings is 2. The molecule has 0 unspecified atom stereocenters. The summed E-state index contributed by atoms with van der Waals surface area (Å²) in [5, 5.41) is 3.82. The molecule has 0 radical (unpaired) electrons. The fourth-order valence-electron chi connectivity index (χ4n) is 3.85. The first-order valence-corrected chi connectivity index (χ1v) is 11.0. The van der Waals surface area contributed by atoms with Gasteiger partial charge in [0, 0.05) is 41.1 Å². The third kappa shape index (κ3) is 3.46. The Balaban J connectivity index is 1.55. The highest BCUT2D eigenvalue weighted by atomic mass is 32.1. The van der Waals surface area contributed by atoms with E-state index in [1.807, 2.05) is 50.2 Å². The van der Waals surface area contributed by atoms with Crippen molar-refractivity contribution in [2.75, 3.05) is 5.32 Å². The van der Waals surface area contributed by atoms with Crippen molar-refractivity contribution in [3.05, 3.63) is 87.4 Å². The molecule has 7 heteroatoms. The molecule has 0 bridgehead atoms. The zero-order valence-corrected chi connectivity index (χ0v) is 18.7. The van der Waals surface area contributed by atoms with Crippen LogP contribution in [-0.2, 0) is 7.05 Å². The summed E-state index contributed by atoms with van der Waals surface area (Å²) in [4.78, 5) is 34.7. The summed E-state index contributed by atoms with van der Waals surface area (Å²) >= 11 is 1.53. The SMILES string of the molecule is Cc1cc2c(cn1)cc(-c1cc(C(=O)Nc3ccc4ncsc4c3)ccc1C)c(=O)n2C. The predicted molar refractivity (Wildman–Crippen MR) is 129 cm³/mol. The third-order valence-electron chi connectivity index (χ3n) is 5.62. The van der Waals surface area contributed by atoms with Gasteiger partial charge >= 0.3 is 0 Å². The van der Waals surface area contributed by atoms with Gasteiger partial charge in [0.05, 0.1) is 21.2 Å². The van der Waals surface area contributed by atoms with Crippen LogP contribution in [0.15, 0.2) is 65.0 Å². The lowest BCUT2D eigenvalue weighted by molar-refractivity contribution is 0.102. The molecule has 0 aliphatic rings. The van der Waals surface area contributed by atoms with Crippen LogP contribution in [-0.4, -0.2) is 20.4 Å². The fraction of sp³-hybridized carbons (Fsp3) is 0.120. The summed E-state index contributed by atoms with van der Waals surface area (Å²) in [6, 6.07) is 14.8. The van der Waals surface area contributed by atoms with Crippen LogP contribution in [0, 0.1) is 13.8 Å². The Labute approximate surface area is 188 Å². The van der Waals surface area contributed by atoms with Gasteiger partial charge in [-0.3, -0.25) is 14.6 Å². The van der Waals surface area contributed by atoms with Crippen molar-refractivity contribution >= 4 is 44.1 Å². The Hall–Kier alpha value is -3.84.